The Balaban J connectivity index is 1.90. The molecule has 0 amide bonds. The Morgan fingerprint density at radius 1 is 0.774 bits per heavy atom. The predicted octanol–water partition coefficient (Wildman–Crippen LogP) is 9.54. The first-order valence-electron chi connectivity index (χ1n) is 13.2. The smallest absolute Gasteiger partial charge is 0.188 e. The normalized spacial score (nSPS) is 16.3. The molecule has 1 nitrogen and oxygen atoms in total. The van der Waals surface area contributed by atoms with Gasteiger partial charge < -0.3 is 0 Å². The molecule has 2 heterocycles. The molecule has 1 aromatic heterocycles. The SMILES string of the molecule is CCCCCCCCCCCC[N+](CC)(CC)c1ccc(C2=C(C)[Si](C)(C)C(C)=C2)s1. The molecule has 0 fully saturated rings. The first-order valence-corrected chi connectivity index (χ1v) is 17.0. The van der Waals surface area contributed by atoms with Crippen molar-refractivity contribution in [1.82, 2.24) is 4.48 Å². The molecule has 0 unspecified atom stereocenters. The molecule has 0 aliphatic carbocycles. The van der Waals surface area contributed by atoms with Crippen LogP contribution in [0.4, 0.5) is 5.00 Å². The van der Waals surface area contributed by atoms with Gasteiger partial charge in [-0.15, -0.1) is 0 Å². The van der Waals surface area contributed by atoms with E-state index >= 15 is 0 Å². The fourth-order valence-corrected chi connectivity index (χ4v) is 8.41. The highest BCUT2D eigenvalue weighted by atomic mass is 32.1. The maximum absolute atomic E-state index is 2.50. The van der Waals surface area contributed by atoms with Gasteiger partial charge in [-0.25, -0.2) is 0 Å². The summed E-state index contributed by atoms with van der Waals surface area (Å²) in [7, 11) is -1.35. The van der Waals surface area contributed by atoms with Crippen molar-refractivity contribution in [3.63, 3.8) is 0 Å². The van der Waals surface area contributed by atoms with E-state index in [-0.39, 0.29) is 0 Å². The molecule has 1 aliphatic rings. The Morgan fingerprint density at radius 3 is 1.81 bits per heavy atom. The maximum atomic E-state index is 2.50. The van der Waals surface area contributed by atoms with E-state index < -0.39 is 8.07 Å². The number of quaternary nitrogens is 1. The molecule has 0 atom stereocenters. The van der Waals surface area contributed by atoms with Crippen LogP contribution < -0.4 is 4.48 Å². The minimum Gasteiger partial charge on any atom is -0.283 e. The van der Waals surface area contributed by atoms with Gasteiger partial charge in [0.2, 0.25) is 0 Å². The molecule has 0 saturated heterocycles. The minimum atomic E-state index is -1.35. The third-order valence-corrected chi connectivity index (χ3v) is 13.7. The second-order valence-corrected chi connectivity index (χ2v) is 16.2. The first kappa shape index (κ1) is 26.6. The highest BCUT2D eigenvalue weighted by Gasteiger charge is 2.34. The van der Waals surface area contributed by atoms with Gasteiger partial charge in [-0.3, -0.25) is 4.48 Å². The fraction of sp³-hybridized carbons (Fsp3) is 0.714. The molecule has 0 N–H and O–H groups in total. The molecule has 1 aliphatic heterocycles. The third kappa shape index (κ3) is 6.68. The lowest BCUT2D eigenvalue weighted by Gasteiger charge is -2.35. The summed E-state index contributed by atoms with van der Waals surface area (Å²) in [4.78, 5) is 1.50. The lowest BCUT2D eigenvalue weighted by Crippen LogP contribution is -2.49. The van der Waals surface area contributed by atoms with Crippen molar-refractivity contribution < 1.29 is 0 Å². The summed E-state index contributed by atoms with van der Waals surface area (Å²) in [5.41, 5.74) is 1.54. The topological polar surface area (TPSA) is 0 Å². The molecular formula is C28H50NSSi+. The van der Waals surface area contributed by atoms with Gasteiger partial charge in [-0.1, -0.05) is 99.2 Å². The minimum absolute atomic E-state index is 1.16. The van der Waals surface area contributed by atoms with Crippen LogP contribution in [0.5, 0.6) is 0 Å². The van der Waals surface area contributed by atoms with Gasteiger partial charge in [0.1, 0.15) is 8.07 Å². The van der Waals surface area contributed by atoms with Gasteiger partial charge in [-0.2, -0.15) is 0 Å². The number of thiophene rings is 1. The van der Waals surface area contributed by atoms with E-state index in [2.05, 4.69) is 77.3 Å². The highest BCUT2D eigenvalue weighted by molar-refractivity contribution is 7.17. The fourth-order valence-electron chi connectivity index (χ4n) is 4.98. The van der Waals surface area contributed by atoms with Gasteiger partial charge in [-0.05, 0) is 52.2 Å². The van der Waals surface area contributed by atoms with Crippen molar-refractivity contribution in [3.8, 4) is 0 Å². The highest BCUT2D eigenvalue weighted by Crippen LogP contribution is 2.43. The molecule has 0 spiro atoms. The number of hydrogen-bond donors (Lipinski definition) is 0. The van der Waals surface area contributed by atoms with Crippen LogP contribution in [-0.2, 0) is 0 Å². The van der Waals surface area contributed by atoms with Crippen molar-refractivity contribution in [1.29, 1.82) is 0 Å². The van der Waals surface area contributed by atoms with Gasteiger partial charge in [0.15, 0.2) is 5.00 Å². The summed E-state index contributed by atoms with van der Waals surface area (Å²) in [6.45, 7) is 20.5. The zero-order chi connectivity index (χ0) is 22.9. The first-order chi connectivity index (χ1) is 14.8. The average molecular weight is 461 g/mol. The van der Waals surface area contributed by atoms with Crippen LogP contribution in [-0.4, -0.2) is 27.7 Å². The van der Waals surface area contributed by atoms with Crippen molar-refractivity contribution in [3.05, 3.63) is 33.5 Å². The monoisotopic (exact) mass is 460 g/mol. The maximum Gasteiger partial charge on any atom is 0.188 e. The largest absolute Gasteiger partial charge is 0.283 e. The van der Waals surface area contributed by atoms with Crippen molar-refractivity contribution >= 4 is 30.0 Å². The Bertz CT molecular complexity index is 736. The van der Waals surface area contributed by atoms with E-state index in [9.17, 15) is 0 Å². The Labute approximate surface area is 199 Å². The van der Waals surface area contributed by atoms with Crippen LogP contribution in [0.15, 0.2) is 28.6 Å². The third-order valence-electron chi connectivity index (χ3n) is 8.16. The molecule has 176 valence electrons. The summed E-state index contributed by atoms with van der Waals surface area (Å²) in [6, 6.07) is 4.86. The number of hydrogen-bond acceptors (Lipinski definition) is 1. The number of nitrogens with zero attached hydrogens (tertiary/aromatic N) is 1. The lowest BCUT2D eigenvalue weighted by molar-refractivity contribution is 0.297. The van der Waals surface area contributed by atoms with Crippen molar-refractivity contribution in [2.45, 2.75) is 112 Å². The van der Waals surface area contributed by atoms with Crippen LogP contribution in [0.2, 0.25) is 13.1 Å². The number of unbranched alkanes of at least 4 members (excludes halogenated alkanes) is 9. The van der Waals surface area contributed by atoms with Crippen molar-refractivity contribution in [2.24, 2.45) is 0 Å². The Kier molecular flexibility index (Phi) is 10.8. The van der Waals surface area contributed by atoms with Crippen LogP contribution in [0.25, 0.3) is 5.57 Å². The summed E-state index contributed by atoms with van der Waals surface area (Å²) in [5, 5.41) is 4.87. The summed E-state index contributed by atoms with van der Waals surface area (Å²) < 4.78 is 1.16. The number of rotatable bonds is 15. The molecule has 0 radical (unpaired) electrons. The summed E-state index contributed by atoms with van der Waals surface area (Å²) in [5.74, 6) is 0. The van der Waals surface area contributed by atoms with E-state index in [1.54, 1.807) is 15.4 Å². The van der Waals surface area contributed by atoms with Crippen LogP contribution in [0, 0.1) is 0 Å². The molecule has 31 heavy (non-hydrogen) atoms. The van der Waals surface area contributed by atoms with Crippen LogP contribution >= 0.6 is 11.3 Å². The summed E-state index contributed by atoms with van der Waals surface area (Å²) >= 11 is 2.07. The van der Waals surface area contributed by atoms with Gasteiger partial charge in [0.05, 0.1) is 19.6 Å². The zero-order valence-electron chi connectivity index (χ0n) is 21.8. The van der Waals surface area contributed by atoms with E-state index in [1.165, 1.54) is 94.3 Å². The van der Waals surface area contributed by atoms with Crippen LogP contribution in [0.3, 0.4) is 0 Å². The number of allylic oxidation sites excluding steroid dienone is 4. The molecule has 3 heteroatoms. The molecule has 0 aromatic carbocycles. The molecule has 0 bridgehead atoms. The summed E-state index contributed by atoms with van der Waals surface area (Å²) in [6.07, 6.45) is 16.7. The van der Waals surface area contributed by atoms with E-state index in [4.69, 9.17) is 0 Å². The van der Waals surface area contributed by atoms with E-state index in [0.717, 1.165) is 4.48 Å². The van der Waals surface area contributed by atoms with E-state index in [1.807, 2.05) is 0 Å². The van der Waals surface area contributed by atoms with Gasteiger partial charge in [0.25, 0.3) is 0 Å². The molecule has 0 saturated carbocycles. The Hall–Kier alpha value is -0.643. The molecular weight excluding hydrogens is 410 g/mol. The second-order valence-electron chi connectivity index (χ2n) is 10.3. The zero-order valence-corrected chi connectivity index (χ0v) is 23.6. The van der Waals surface area contributed by atoms with Gasteiger partial charge in [0, 0.05) is 10.9 Å². The van der Waals surface area contributed by atoms with Crippen LogP contribution in [0.1, 0.15) is 104 Å². The standard InChI is InChI=1S/C28H50NSSi/c1-8-11-12-13-14-15-16-17-18-19-22-29(9-2,10-3)28-21-20-27(30-28)26-23-24(4)31(6,7)25(26)5/h20-21,23H,8-19,22H2,1-7H3/q+1. The molecule has 1 aromatic rings. The van der Waals surface area contributed by atoms with Gasteiger partial charge >= 0.3 is 0 Å². The quantitative estimate of drug-likeness (QED) is 0.139. The van der Waals surface area contributed by atoms with E-state index in [0.29, 0.717) is 0 Å². The second kappa shape index (κ2) is 12.6. The predicted molar refractivity (Wildman–Crippen MR) is 148 cm³/mol. The molecule has 2 rings (SSSR count). The van der Waals surface area contributed by atoms with Crippen molar-refractivity contribution in [2.75, 3.05) is 19.6 Å². The average Bonchev–Trinajstić information content (AvgIpc) is 3.32. The Morgan fingerprint density at radius 2 is 1.32 bits per heavy atom. The lowest BCUT2D eigenvalue weighted by atomic mass is 10.1.